The summed E-state index contributed by atoms with van der Waals surface area (Å²) in [5.41, 5.74) is 13.1. The second kappa shape index (κ2) is 9.71. The standard InChI is InChI=1S/C38H24N6/c1-2-11-32-29(8-1)36-34(43(32)27-17-13-25(14-18-27)30-9-3-5-21-39-30)24-35-38(42-36)37-33(12-7-23-41-37)44(35)28-19-15-26(16-20-28)31-10-4-6-22-40-31/h1-24H. The van der Waals surface area contributed by atoms with Crippen molar-refractivity contribution in [3.63, 3.8) is 0 Å². The number of pyridine rings is 4. The lowest BCUT2D eigenvalue weighted by molar-refractivity contribution is 1.16. The first-order chi connectivity index (χ1) is 21.8. The topological polar surface area (TPSA) is 61.4 Å². The van der Waals surface area contributed by atoms with Gasteiger partial charge in [-0.1, -0.05) is 54.6 Å². The summed E-state index contributed by atoms with van der Waals surface area (Å²) < 4.78 is 4.57. The predicted molar refractivity (Wildman–Crippen MR) is 177 cm³/mol. The summed E-state index contributed by atoms with van der Waals surface area (Å²) in [7, 11) is 0. The Kier molecular flexibility index (Phi) is 5.40. The molecule has 0 bridgehead atoms. The highest BCUT2D eigenvalue weighted by Crippen LogP contribution is 2.37. The molecule has 44 heavy (non-hydrogen) atoms. The highest BCUT2D eigenvalue weighted by atomic mass is 15.0. The Labute approximate surface area is 252 Å². The van der Waals surface area contributed by atoms with Gasteiger partial charge in [-0.05, 0) is 72.8 Å². The minimum Gasteiger partial charge on any atom is -0.308 e. The predicted octanol–water partition coefficient (Wildman–Crippen LogP) is 8.79. The van der Waals surface area contributed by atoms with Gasteiger partial charge >= 0.3 is 0 Å². The van der Waals surface area contributed by atoms with Crippen LogP contribution in [0.3, 0.4) is 0 Å². The van der Waals surface area contributed by atoms with Crippen LogP contribution in [-0.4, -0.2) is 29.1 Å². The molecule has 0 amide bonds. The Morgan fingerprint density at radius 1 is 0.386 bits per heavy atom. The number of benzene rings is 3. The third-order valence-corrected chi connectivity index (χ3v) is 8.29. The normalized spacial score (nSPS) is 11.6. The molecule has 6 heterocycles. The number of hydrogen-bond donors (Lipinski definition) is 0. The highest BCUT2D eigenvalue weighted by molar-refractivity contribution is 6.14. The maximum atomic E-state index is 5.33. The van der Waals surface area contributed by atoms with E-state index < -0.39 is 0 Å². The molecule has 0 aliphatic heterocycles. The number of aromatic nitrogens is 6. The van der Waals surface area contributed by atoms with Gasteiger partial charge < -0.3 is 9.13 Å². The summed E-state index contributed by atoms with van der Waals surface area (Å²) in [5, 5.41) is 1.11. The van der Waals surface area contributed by atoms with Crippen LogP contribution < -0.4 is 0 Å². The van der Waals surface area contributed by atoms with Crippen LogP contribution in [0.5, 0.6) is 0 Å². The van der Waals surface area contributed by atoms with Crippen LogP contribution in [0.25, 0.3) is 77.9 Å². The van der Waals surface area contributed by atoms with Gasteiger partial charge in [0.25, 0.3) is 0 Å². The molecule has 3 aromatic carbocycles. The Balaban J connectivity index is 1.29. The summed E-state index contributed by atoms with van der Waals surface area (Å²) in [6, 6.07) is 43.9. The maximum Gasteiger partial charge on any atom is 0.116 e. The third-order valence-electron chi connectivity index (χ3n) is 8.29. The molecule has 0 saturated heterocycles. The SMILES string of the molecule is c1ccc(-c2ccc(-n3c4ccccc4c4nc5c6ncccc6n(-c6ccc(-c7ccccn7)cc6)c5cc43)cc2)nc1. The summed E-state index contributed by atoms with van der Waals surface area (Å²) in [6.45, 7) is 0. The molecule has 0 N–H and O–H groups in total. The van der Waals surface area contributed by atoms with Gasteiger partial charge in [-0.15, -0.1) is 0 Å². The molecule has 0 spiro atoms. The van der Waals surface area contributed by atoms with Crippen LogP contribution in [0.15, 0.2) is 146 Å². The Bertz CT molecular complexity index is 2290. The van der Waals surface area contributed by atoms with Gasteiger partial charge in [0.05, 0.1) is 39.0 Å². The summed E-state index contributed by atoms with van der Waals surface area (Å²) in [5.74, 6) is 0. The number of nitrogens with zero attached hydrogens (tertiary/aromatic N) is 6. The monoisotopic (exact) mass is 564 g/mol. The zero-order valence-corrected chi connectivity index (χ0v) is 23.5. The van der Waals surface area contributed by atoms with E-state index >= 15 is 0 Å². The van der Waals surface area contributed by atoms with E-state index in [-0.39, 0.29) is 0 Å². The average Bonchev–Trinajstić information content (AvgIpc) is 3.60. The second-order valence-electron chi connectivity index (χ2n) is 10.8. The van der Waals surface area contributed by atoms with Gasteiger partial charge in [0.2, 0.25) is 0 Å². The van der Waals surface area contributed by atoms with Crippen LogP contribution in [0.2, 0.25) is 0 Å². The van der Waals surface area contributed by atoms with E-state index in [1.165, 1.54) is 0 Å². The zero-order chi connectivity index (χ0) is 29.0. The molecule has 0 unspecified atom stereocenters. The lowest BCUT2D eigenvalue weighted by Gasteiger charge is -2.11. The Morgan fingerprint density at radius 2 is 0.932 bits per heavy atom. The van der Waals surface area contributed by atoms with Gasteiger partial charge in [-0.2, -0.15) is 0 Å². The molecule has 9 aromatic rings. The number of fused-ring (bicyclic) bond motifs is 6. The van der Waals surface area contributed by atoms with Crippen LogP contribution in [0.1, 0.15) is 0 Å². The lowest BCUT2D eigenvalue weighted by atomic mass is 10.1. The fourth-order valence-electron chi connectivity index (χ4n) is 6.28. The van der Waals surface area contributed by atoms with Crippen molar-refractivity contribution in [3.8, 4) is 33.9 Å². The molecule has 206 valence electrons. The van der Waals surface area contributed by atoms with E-state index in [1.54, 1.807) is 0 Å². The van der Waals surface area contributed by atoms with Crippen molar-refractivity contribution in [1.29, 1.82) is 0 Å². The number of rotatable bonds is 4. The highest BCUT2D eigenvalue weighted by Gasteiger charge is 2.20. The van der Waals surface area contributed by atoms with E-state index in [4.69, 9.17) is 9.97 Å². The minimum absolute atomic E-state index is 0.884. The van der Waals surface area contributed by atoms with Gasteiger partial charge in [0, 0.05) is 46.5 Å². The smallest absolute Gasteiger partial charge is 0.116 e. The molecule has 6 heteroatoms. The third kappa shape index (κ3) is 3.75. The summed E-state index contributed by atoms with van der Waals surface area (Å²) >= 11 is 0. The first kappa shape index (κ1) is 24.5. The van der Waals surface area contributed by atoms with E-state index in [0.717, 1.165) is 77.9 Å². The number of hydrogen-bond acceptors (Lipinski definition) is 4. The van der Waals surface area contributed by atoms with E-state index in [9.17, 15) is 0 Å². The molecule has 0 aliphatic carbocycles. The van der Waals surface area contributed by atoms with Crippen molar-refractivity contribution < 1.29 is 0 Å². The molecular weight excluding hydrogens is 540 g/mol. The van der Waals surface area contributed by atoms with Crippen LogP contribution in [0.4, 0.5) is 0 Å². The summed E-state index contributed by atoms with van der Waals surface area (Å²) in [6.07, 6.45) is 5.49. The first-order valence-corrected chi connectivity index (χ1v) is 14.6. The Morgan fingerprint density at radius 3 is 1.57 bits per heavy atom. The molecule has 6 aromatic heterocycles. The summed E-state index contributed by atoms with van der Waals surface area (Å²) in [4.78, 5) is 19.2. The molecule has 0 aliphatic rings. The lowest BCUT2D eigenvalue weighted by Crippen LogP contribution is -1.97. The van der Waals surface area contributed by atoms with Crippen LogP contribution >= 0.6 is 0 Å². The van der Waals surface area contributed by atoms with Gasteiger partial charge in [-0.25, -0.2) is 4.98 Å². The van der Waals surface area contributed by atoms with Gasteiger partial charge in [-0.3, -0.25) is 15.0 Å². The fraction of sp³-hybridized carbons (Fsp3) is 0. The maximum absolute atomic E-state index is 5.33. The van der Waals surface area contributed by atoms with E-state index in [1.807, 2.05) is 61.1 Å². The largest absolute Gasteiger partial charge is 0.308 e. The van der Waals surface area contributed by atoms with E-state index in [2.05, 4.69) is 104 Å². The molecule has 0 atom stereocenters. The molecule has 0 fully saturated rings. The molecular formula is C38H24N6. The van der Waals surface area contributed by atoms with Crippen molar-refractivity contribution >= 4 is 44.0 Å². The minimum atomic E-state index is 0.884. The quantitative estimate of drug-likeness (QED) is 0.214. The second-order valence-corrected chi connectivity index (χ2v) is 10.8. The van der Waals surface area contributed by atoms with Crippen molar-refractivity contribution in [2.45, 2.75) is 0 Å². The fourth-order valence-corrected chi connectivity index (χ4v) is 6.28. The Hall–Kier alpha value is -6.14. The first-order valence-electron chi connectivity index (χ1n) is 14.6. The van der Waals surface area contributed by atoms with Gasteiger partial charge in [0.1, 0.15) is 11.0 Å². The average molecular weight is 565 g/mol. The molecule has 0 saturated carbocycles. The zero-order valence-electron chi connectivity index (χ0n) is 23.5. The number of para-hydroxylation sites is 1. The van der Waals surface area contributed by atoms with Crippen LogP contribution in [0, 0.1) is 0 Å². The molecule has 0 radical (unpaired) electrons. The van der Waals surface area contributed by atoms with Crippen molar-refractivity contribution in [1.82, 2.24) is 29.1 Å². The van der Waals surface area contributed by atoms with Gasteiger partial charge in [0.15, 0.2) is 0 Å². The molecule has 6 nitrogen and oxygen atoms in total. The van der Waals surface area contributed by atoms with Crippen molar-refractivity contribution in [2.75, 3.05) is 0 Å². The van der Waals surface area contributed by atoms with Crippen molar-refractivity contribution in [2.24, 2.45) is 0 Å². The van der Waals surface area contributed by atoms with E-state index in [0.29, 0.717) is 0 Å². The van der Waals surface area contributed by atoms with Crippen LogP contribution in [-0.2, 0) is 0 Å². The molecule has 9 rings (SSSR count). The van der Waals surface area contributed by atoms with Crippen molar-refractivity contribution in [3.05, 3.63) is 146 Å².